The van der Waals surface area contributed by atoms with Crippen LogP contribution in [0, 0.1) is 11.6 Å². The largest absolute Gasteiger partial charge is 0.336 e. The van der Waals surface area contributed by atoms with E-state index in [1.54, 1.807) is 6.20 Å². The molecule has 0 saturated carbocycles. The molecule has 2 amide bonds. The van der Waals surface area contributed by atoms with Crippen LogP contribution in [0.3, 0.4) is 0 Å². The summed E-state index contributed by atoms with van der Waals surface area (Å²) in [4.78, 5) is 11.9. The predicted molar refractivity (Wildman–Crippen MR) is 86.0 cm³/mol. The molecule has 0 radical (unpaired) electrons. The Bertz CT molecular complexity index is 757. The number of carbonyl (C=O) groups is 1. The molecule has 1 heterocycles. The van der Waals surface area contributed by atoms with E-state index >= 15 is 0 Å². The highest BCUT2D eigenvalue weighted by Gasteiger charge is 2.26. The van der Waals surface area contributed by atoms with Crippen LogP contribution in [-0.4, -0.2) is 21.9 Å². The number of fused-ring (bicyclic) bond motifs is 1. The van der Waals surface area contributed by atoms with Crippen LogP contribution in [0.1, 0.15) is 44.0 Å². The number of nitrogens with one attached hydrogen (secondary N) is 2. The van der Waals surface area contributed by atoms with E-state index in [1.807, 2.05) is 13.8 Å². The first-order valence-electron chi connectivity index (χ1n) is 8.05. The number of nitrogens with zero attached hydrogens (tertiary/aromatic N) is 2. The van der Waals surface area contributed by atoms with Gasteiger partial charge in [0.1, 0.15) is 11.5 Å². The summed E-state index contributed by atoms with van der Waals surface area (Å²) in [5.41, 5.74) is 1.94. The number of hydrogen-bond donors (Lipinski definition) is 2. The lowest BCUT2D eigenvalue weighted by molar-refractivity contribution is 0.233. The molecule has 1 unspecified atom stereocenters. The summed E-state index contributed by atoms with van der Waals surface area (Å²) in [6.07, 6.45) is 4.04. The van der Waals surface area contributed by atoms with Gasteiger partial charge in [0.25, 0.3) is 0 Å². The minimum Gasteiger partial charge on any atom is -0.336 e. The second-order valence-corrected chi connectivity index (χ2v) is 6.27. The van der Waals surface area contributed by atoms with Gasteiger partial charge in [-0.15, -0.1) is 0 Å². The standard InChI is InChI=1S/C17H20F2N4O/c1-10(2)21-17(24)22-14-4-3-5-15-12(14)9-20-23(15)16-7-6-11(18)8-13(16)19/h6-10,14H,3-5H2,1-2H3,(H2,21,22,24). The lowest BCUT2D eigenvalue weighted by atomic mass is 9.93. The van der Waals surface area contributed by atoms with Crippen LogP contribution < -0.4 is 10.6 Å². The normalized spacial score (nSPS) is 16.8. The minimum atomic E-state index is -0.659. The molecule has 5 nitrogen and oxygen atoms in total. The van der Waals surface area contributed by atoms with Gasteiger partial charge in [0.15, 0.2) is 5.82 Å². The molecular formula is C17H20F2N4O. The predicted octanol–water partition coefficient (Wildman–Crippen LogP) is 3.24. The van der Waals surface area contributed by atoms with Gasteiger partial charge in [0.2, 0.25) is 0 Å². The van der Waals surface area contributed by atoms with Gasteiger partial charge in [-0.2, -0.15) is 5.10 Å². The van der Waals surface area contributed by atoms with Crippen LogP contribution in [0.15, 0.2) is 24.4 Å². The Hall–Kier alpha value is -2.44. The summed E-state index contributed by atoms with van der Waals surface area (Å²) in [5.74, 6) is -1.28. The van der Waals surface area contributed by atoms with Gasteiger partial charge < -0.3 is 10.6 Å². The Balaban J connectivity index is 1.88. The molecule has 0 fully saturated rings. The Labute approximate surface area is 139 Å². The summed E-state index contributed by atoms with van der Waals surface area (Å²) in [6, 6.07) is 3.08. The fourth-order valence-corrected chi connectivity index (χ4v) is 3.03. The van der Waals surface area contributed by atoms with Gasteiger partial charge in [0, 0.05) is 23.4 Å². The van der Waals surface area contributed by atoms with Crippen molar-refractivity contribution in [2.45, 2.75) is 45.2 Å². The smallest absolute Gasteiger partial charge is 0.315 e. The van der Waals surface area contributed by atoms with Gasteiger partial charge in [-0.1, -0.05) is 0 Å². The third kappa shape index (κ3) is 3.25. The molecule has 0 saturated heterocycles. The van der Waals surface area contributed by atoms with Gasteiger partial charge >= 0.3 is 6.03 Å². The maximum Gasteiger partial charge on any atom is 0.315 e. The van der Waals surface area contributed by atoms with E-state index in [0.717, 1.165) is 36.6 Å². The zero-order valence-corrected chi connectivity index (χ0v) is 13.6. The molecule has 1 aromatic carbocycles. The number of carbonyl (C=O) groups excluding carboxylic acids is 1. The Morgan fingerprint density at radius 1 is 1.38 bits per heavy atom. The van der Waals surface area contributed by atoms with Crippen LogP contribution in [0.2, 0.25) is 0 Å². The molecule has 0 spiro atoms. The number of urea groups is 1. The molecule has 2 aromatic rings. The van der Waals surface area contributed by atoms with Crippen molar-refractivity contribution in [1.29, 1.82) is 0 Å². The summed E-state index contributed by atoms with van der Waals surface area (Å²) in [6.45, 7) is 3.78. The fourth-order valence-electron chi connectivity index (χ4n) is 3.03. The molecule has 0 bridgehead atoms. The van der Waals surface area contributed by atoms with E-state index < -0.39 is 11.6 Å². The topological polar surface area (TPSA) is 59.0 Å². The van der Waals surface area contributed by atoms with Crippen molar-refractivity contribution in [2.75, 3.05) is 0 Å². The Morgan fingerprint density at radius 2 is 2.17 bits per heavy atom. The minimum absolute atomic E-state index is 0.0455. The van der Waals surface area contributed by atoms with E-state index in [-0.39, 0.29) is 23.8 Å². The summed E-state index contributed by atoms with van der Waals surface area (Å²) >= 11 is 0. The van der Waals surface area contributed by atoms with E-state index in [1.165, 1.54) is 16.8 Å². The maximum absolute atomic E-state index is 14.1. The number of hydrogen-bond acceptors (Lipinski definition) is 2. The van der Waals surface area contributed by atoms with E-state index in [4.69, 9.17) is 0 Å². The maximum atomic E-state index is 14.1. The second kappa shape index (κ2) is 6.59. The van der Waals surface area contributed by atoms with E-state index in [0.29, 0.717) is 0 Å². The first-order valence-corrected chi connectivity index (χ1v) is 8.05. The average molecular weight is 334 g/mol. The molecule has 128 valence electrons. The number of amides is 2. The highest BCUT2D eigenvalue weighted by atomic mass is 19.1. The molecule has 1 aliphatic rings. The van der Waals surface area contributed by atoms with E-state index in [2.05, 4.69) is 15.7 Å². The van der Waals surface area contributed by atoms with Gasteiger partial charge in [-0.25, -0.2) is 18.3 Å². The van der Waals surface area contributed by atoms with Crippen molar-refractivity contribution in [3.8, 4) is 5.69 Å². The molecular weight excluding hydrogens is 314 g/mol. The third-order valence-corrected chi connectivity index (χ3v) is 4.05. The quantitative estimate of drug-likeness (QED) is 0.905. The Kier molecular flexibility index (Phi) is 4.51. The molecule has 7 heteroatoms. The van der Waals surface area contributed by atoms with Crippen molar-refractivity contribution in [3.05, 3.63) is 47.3 Å². The van der Waals surface area contributed by atoms with Crippen molar-refractivity contribution in [2.24, 2.45) is 0 Å². The van der Waals surface area contributed by atoms with Crippen LogP contribution in [0.4, 0.5) is 13.6 Å². The monoisotopic (exact) mass is 334 g/mol. The van der Waals surface area contributed by atoms with Crippen molar-refractivity contribution in [1.82, 2.24) is 20.4 Å². The van der Waals surface area contributed by atoms with Crippen molar-refractivity contribution < 1.29 is 13.6 Å². The fraction of sp³-hybridized carbons (Fsp3) is 0.412. The first kappa shape index (κ1) is 16.4. The zero-order valence-electron chi connectivity index (χ0n) is 13.6. The SMILES string of the molecule is CC(C)NC(=O)NC1CCCc2c1cnn2-c1ccc(F)cc1F. The second-order valence-electron chi connectivity index (χ2n) is 6.27. The first-order chi connectivity index (χ1) is 11.5. The van der Waals surface area contributed by atoms with Crippen LogP contribution in [0.25, 0.3) is 5.69 Å². The molecule has 24 heavy (non-hydrogen) atoms. The van der Waals surface area contributed by atoms with Crippen LogP contribution in [-0.2, 0) is 6.42 Å². The molecule has 1 atom stereocenters. The molecule has 2 N–H and O–H groups in total. The van der Waals surface area contributed by atoms with Gasteiger partial charge in [-0.05, 0) is 45.2 Å². The summed E-state index contributed by atoms with van der Waals surface area (Å²) in [7, 11) is 0. The zero-order chi connectivity index (χ0) is 17.3. The van der Waals surface area contributed by atoms with Gasteiger partial charge in [0.05, 0.1) is 12.2 Å². The third-order valence-electron chi connectivity index (χ3n) is 4.05. The van der Waals surface area contributed by atoms with Crippen LogP contribution in [0.5, 0.6) is 0 Å². The van der Waals surface area contributed by atoms with Crippen LogP contribution >= 0.6 is 0 Å². The Morgan fingerprint density at radius 3 is 2.88 bits per heavy atom. The number of rotatable bonds is 3. The summed E-state index contributed by atoms with van der Waals surface area (Å²) in [5, 5.41) is 9.99. The lowest BCUT2D eigenvalue weighted by Crippen LogP contribution is -2.42. The number of aromatic nitrogens is 2. The molecule has 1 aliphatic carbocycles. The average Bonchev–Trinajstić information content (AvgIpc) is 2.91. The summed E-state index contributed by atoms with van der Waals surface area (Å²) < 4.78 is 28.7. The highest BCUT2D eigenvalue weighted by Crippen LogP contribution is 2.31. The number of halogens is 2. The van der Waals surface area contributed by atoms with Crippen molar-refractivity contribution >= 4 is 6.03 Å². The highest BCUT2D eigenvalue weighted by molar-refractivity contribution is 5.74. The van der Waals surface area contributed by atoms with E-state index in [9.17, 15) is 13.6 Å². The van der Waals surface area contributed by atoms with Gasteiger partial charge in [-0.3, -0.25) is 0 Å². The molecule has 1 aromatic heterocycles. The number of benzene rings is 1. The van der Waals surface area contributed by atoms with Crippen molar-refractivity contribution in [3.63, 3.8) is 0 Å². The lowest BCUT2D eigenvalue weighted by Gasteiger charge is -2.25. The molecule has 0 aliphatic heterocycles. The molecule has 3 rings (SSSR count).